The molecule has 0 aliphatic carbocycles. The number of hydrogen-bond donors (Lipinski definition) is 2. The molecule has 0 aromatic rings. The van der Waals surface area contributed by atoms with Crippen LogP contribution in [0.15, 0.2) is 0 Å². The monoisotopic (exact) mass is 258 g/mol. The minimum atomic E-state index is -0.786. The van der Waals surface area contributed by atoms with Crippen LogP contribution in [0, 0.1) is 5.92 Å². The van der Waals surface area contributed by atoms with Crippen LogP contribution in [0.1, 0.15) is 26.2 Å². The van der Waals surface area contributed by atoms with Crippen LogP contribution in [-0.4, -0.2) is 54.2 Å². The van der Waals surface area contributed by atoms with Gasteiger partial charge in [-0.1, -0.05) is 0 Å². The quantitative estimate of drug-likeness (QED) is 0.655. The molecule has 1 rings (SSSR count). The van der Waals surface area contributed by atoms with Gasteiger partial charge in [0.2, 0.25) is 0 Å². The first-order chi connectivity index (χ1) is 8.51. The van der Waals surface area contributed by atoms with Gasteiger partial charge in [-0.05, 0) is 25.7 Å². The molecule has 1 fully saturated rings. The highest BCUT2D eigenvalue weighted by atomic mass is 16.5. The van der Waals surface area contributed by atoms with Crippen LogP contribution in [0.25, 0.3) is 0 Å². The number of carbonyl (C=O) groups excluding carboxylic acids is 1. The first kappa shape index (κ1) is 14.9. The van der Waals surface area contributed by atoms with Gasteiger partial charge in [0.1, 0.15) is 0 Å². The molecule has 1 heterocycles. The summed E-state index contributed by atoms with van der Waals surface area (Å²) in [5, 5.41) is 8.67. The molecule has 0 bridgehead atoms. The molecule has 104 valence electrons. The number of carboxylic acids is 1. The van der Waals surface area contributed by atoms with E-state index >= 15 is 0 Å². The fraction of sp³-hybridized carbons (Fsp3) is 0.833. The standard InChI is InChI=1S/C12H22N2O4/c1-2-18-12(17)8-14-6-9(3-4-11(15)16)5-10(13)7-14/h9-10H,2-8,13H2,1H3,(H,15,16). The zero-order chi connectivity index (χ0) is 13.5. The summed E-state index contributed by atoms with van der Waals surface area (Å²) in [7, 11) is 0. The van der Waals surface area contributed by atoms with E-state index in [4.69, 9.17) is 15.6 Å². The van der Waals surface area contributed by atoms with Gasteiger partial charge in [-0.2, -0.15) is 0 Å². The Hall–Kier alpha value is -1.14. The lowest BCUT2D eigenvalue weighted by molar-refractivity contribution is -0.145. The largest absolute Gasteiger partial charge is 0.481 e. The average Bonchev–Trinajstić information content (AvgIpc) is 2.25. The predicted molar refractivity (Wildman–Crippen MR) is 66.0 cm³/mol. The minimum absolute atomic E-state index is 0.00646. The number of rotatable bonds is 6. The molecule has 0 aromatic carbocycles. The molecule has 6 nitrogen and oxygen atoms in total. The van der Waals surface area contributed by atoms with Gasteiger partial charge in [-0.15, -0.1) is 0 Å². The van der Waals surface area contributed by atoms with Crippen LogP contribution < -0.4 is 5.73 Å². The van der Waals surface area contributed by atoms with Gasteiger partial charge in [0.15, 0.2) is 0 Å². The second kappa shape index (κ2) is 7.33. The number of hydrogen-bond acceptors (Lipinski definition) is 5. The van der Waals surface area contributed by atoms with Crippen molar-refractivity contribution in [2.45, 2.75) is 32.2 Å². The van der Waals surface area contributed by atoms with Crippen LogP contribution in [0.3, 0.4) is 0 Å². The number of nitrogens with two attached hydrogens (primary N) is 1. The Morgan fingerprint density at radius 3 is 2.78 bits per heavy atom. The van der Waals surface area contributed by atoms with Gasteiger partial charge in [0.05, 0.1) is 13.2 Å². The van der Waals surface area contributed by atoms with Crippen LogP contribution in [0.2, 0.25) is 0 Å². The predicted octanol–water partition coefficient (Wildman–Crippen LogP) is 0.0635. The molecule has 1 saturated heterocycles. The van der Waals surface area contributed by atoms with E-state index in [0.717, 1.165) is 13.0 Å². The molecular weight excluding hydrogens is 236 g/mol. The SMILES string of the molecule is CCOC(=O)CN1CC(N)CC(CCC(=O)O)C1. The van der Waals surface area contributed by atoms with Gasteiger partial charge in [-0.3, -0.25) is 14.5 Å². The normalized spacial score (nSPS) is 24.8. The van der Waals surface area contributed by atoms with Crippen molar-refractivity contribution in [1.82, 2.24) is 4.90 Å². The molecule has 0 radical (unpaired) electrons. The second-order valence-electron chi connectivity index (χ2n) is 4.79. The van der Waals surface area contributed by atoms with Crippen molar-refractivity contribution < 1.29 is 19.4 Å². The van der Waals surface area contributed by atoms with Crippen LogP contribution >= 0.6 is 0 Å². The number of esters is 1. The van der Waals surface area contributed by atoms with Crippen molar-refractivity contribution in [2.75, 3.05) is 26.2 Å². The number of carbonyl (C=O) groups is 2. The number of nitrogens with zero attached hydrogens (tertiary/aromatic N) is 1. The van der Waals surface area contributed by atoms with E-state index in [1.54, 1.807) is 6.92 Å². The van der Waals surface area contributed by atoms with E-state index in [9.17, 15) is 9.59 Å². The van der Waals surface area contributed by atoms with Crippen LogP contribution in [-0.2, 0) is 14.3 Å². The molecular formula is C12H22N2O4. The Labute approximate surface area is 107 Å². The highest BCUT2D eigenvalue weighted by molar-refractivity contribution is 5.71. The van der Waals surface area contributed by atoms with Crippen molar-refractivity contribution >= 4 is 11.9 Å². The van der Waals surface area contributed by atoms with Gasteiger partial charge >= 0.3 is 11.9 Å². The summed E-state index contributed by atoms with van der Waals surface area (Å²) >= 11 is 0. The third-order valence-corrected chi connectivity index (χ3v) is 3.07. The average molecular weight is 258 g/mol. The Kier molecular flexibility index (Phi) is 6.07. The van der Waals surface area contributed by atoms with Crippen molar-refractivity contribution in [3.8, 4) is 0 Å². The Bertz CT molecular complexity index is 296. The fourth-order valence-corrected chi connectivity index (χ4v) is 2.40. The molecule has 6 heteroatoms. The van der Waals surface area contributed by atoms with Gasteiger partial charge < -0.3 is 15.6 Å². The van der Waals surface area contributed by atoms with E-state index in [1.807, 2.05) is 4.90 Å². The van der Waals surface area contributed by atoms with E-state index in [0.29, 0.717) is 19.6 Å². The van der Waals surface area contributed by atoms with E-state index in [-0.39, 0.29) is 30.9 Å². The number of ether oxygens (including phenoxy) is 1. The maximum Gasteiger partial charge on any atom is 0.320 e. The molecule has 0 aromatic heterocycles. The number of likely N-dealkylation sites (tertiary alicyclic amines) is 1. The lowest BCUT2D eigenvalue weighted by Crippen LogP contribution is -2.48. The topological polar surface area (TPSA) is 92.9 Å². The molecule has 18 heavy (non-hydrogen) atoms. The first-order valence-corrected chi connectivity index (χ1v) is 6.36. The summed E-state index contributed by atoms with van der Waals surface area (Å²) in [6, 6.07) is 0.00646. The molecule has 2 unspecified atom stereocenters. The summed E-state index contributed by atoms with van der Waals surface area (Å²) < 4.78 is 4.90. The zero-order valence-electron chi connectivity index (χ0n) is 10.8. The molecule has 0 spiro atoms. The summed E-state index contributed by atoms with van der Waals surface area (Å²) in [4.78, 5) is 23.9. The summed E-state index contributed by atoms with van der Waals surface area (Å²) in [5.41, 5.74) is 5.93. The van der Waals surface area contributed by atoms with Gasteiger partial charge in [0, 0.05) is 25.6 Å². The first-order valence-electron chi connectivity index (χ1n) is 6.36. The Morgan fingerprint density at radius 1 is 1.44 bits per heavy atom. The van der Waals surface area contributed by atoms with Crippen molar-refractivity contribution in [3.05, 3.63) is 0 Å². The Balaban J connectivity index is 2.40. The second-order valence-corrected chi connectivity index (χ2v) is 4.79. The lowest BCUT2D eigenvalue weighted by Gasteiger charge is -2.35. The molecule has 1 aliphatic rings. The van der Waals surface area contributed by atoms with E-state index in [2.05, 4.69) is 0 Å². The number of carboxylic acid groups (broad SMARTS) is 1. The third-order valence-electron chi connectivity index (χ3n) is 3.07. The molecule has 2 atom stereocenters. The Morgan fingerprint density at radius 2 is 2.17 bits per heavy atom. The molecule has 0 saturated carbocycles. The van der Waals surface area contributed by atoms with Gasteiger partial charge in [-0.25, -0.2) is 0 Å². The highest BCUT2D eigenvalue weighted by Crippen LogP contribution is 2.20. The van der Waals surface area contributed by atoms with Gasteiger partial charge in [0.25, 0.3) is 0 Å². The molecule has 1 aliphatic heterocycles. The smallest absolute Gasteiger partial charge is 0.320 e. The van der Waals surface area contributed by atoms with Crippen LogP contribution in [0.5, 0.6) is 0 Å². The summed E-state index contributed by atoms with van der Waals surface area (Å²) in [6.45, 7) is 3.78. The highest BCUT2D eigenvalue weighted by Gasteiger charge is 2.26. The summed E-state index contributed by atoms with van der Waals surface area (Å²) in [6.07, 6.45) is 1.60. The van der Waals surface area contributed by atoms with E-state index in [1.165, 1.54) is 0 Å². The van der Waals surface area contributed by atoms with Crippen molar-refractivity contribution in [3.63, 3.8) is 0 Å². The maximum absolute atomic E-state index is 11.4. The number of aliphatic carboxylic acids is 1. The maximum atomic E-state index is 11.4. The van der Waals surface area contributed by atoms with E-state index < -0.39 is 5.97 Å². The lowest BCUT2D eigenvalue weighted by atomic mass is 9.91. The van der Waals surface area contributed by atoms with Crippen molar-refractivity contribution in [1.29, 1.82) is 0 Å². The third kappa shape index (κ3) is 5.46. The fourth-order valence-electron chi connectivity index (χ4n) is 2.40. The van der Waals surface area contributed by atoms with Crippen LogP contribution in [0.4, 0.5) is 0 Å². The minimum Gasteiger partial charge on any atom is -0.481 e. The number of piperidine rings is 1. The zero-order valence-corrected chi connectivity index (χ0v) is 10.8. The molecule has 3 N–H and O–H groups in total. The van der Waals surface area contributed by atoms with Crippen molar-refractivity contribution in [2.24, 2.45) is 11.7 Å². The summed E-state index contributed by atoms with van der Waals surface area (Å²) in [5.74, 6) is -0.783. The molecule has 0 amide bonds.